The molecule has 0 spiro atoms. The highest BCUT2D eigenvalue weighted by atomic mass is 16.2. The minimum absolute atomic E-state index is 0.0554. The van der Waals surface area contributed by atoms with E-state index >= 15 is 0 Å². The van der Waals surface area contributed by atoms with Crippen molar-refractivity contribution in [2.45, 2.75) is 6.42 Å². The molecule has 3 N–H and O–H groups in total. The number of nitrogens with one attached hydrogen (secondary N) is 1. The Labute approximate surface area is 127 Å². The Morgan fingerprint density at radius 3 is 2.36 bits per heavy atom. The normalized spacial score (nSPS) is 10.4. The zero-order chi connectivity index (χ0) is 15.4. The van der Waals surface area contributed by atoms with Gasteiger partial charge in [0.1, 0.15) is 0 Å². The number of rotatable bonds is 4. The van der Waals surface area contributed by atoms with Crippen LogP contribution >= 0.6 is 0 Å². The summed E-state index contributed by atoms with van der Waals surface area (Å²) >= 11 is 0. The fourth-order valence-corrected chi connectivity index (χ4v) is 2.08. The smallest absolute Gasteiger partial charge is 0.254 e. The van der Waals surface area contributed by atoms with Crippen LogP contribution in [0.1, 0.15) is 10.4 Å². The monoisotopic (exact) mass is 293 g/mol. The van der Waals surface area contributed by atoms with Gasteiger partial charge in [0.2, 0.25) is 11.9 Å². The predicted molar refractivity (Wildman–Crippen MR) is 84.9 cm³/mol. The van der Waals surface area contributed by atoms with Crippen molar-refractivity contribution in [2.24, 2.45) is 0 Å². The first-order chi connectivity index (χ1) is 10.7. The van der Waals surface area contributed by atoms with Gasteiger partial charge in [0, 0.05) is 5.69 Å². The molecule has 0 atom stereocenters. The number of benzene rings is 2. The van der Waals surface area contributed by atoms with Gasteiger partial charge in [-0.3, -0.25) is 4.79 Å². The summed E-state index contributed by atoms with van der Waals surface area (Å²) in [4.78, 5) is 16.5. The number of nitrogens with two attached hydrogens (primary N) is 1. The van der Waals surface area contributed by atoms with E-state index in [-0.39, 0.29) is 18.3 Å². The van der Waals surface area contributed by atoms with E-state index in [0.717, 1.165) is 11.3 Å². The lowest BCUT2D eigenvalue weighted by molar-refractivity contribution is 0.0901. The van der Waals surface area contributed by atoms with Gasteiger partial charge in [-0.1, -0.05) is 48.5 Å². The minimum Gasteiger partial charge on any atom is -0.366 e. The Morgan fingerprint density at radius 1 is 1.05 bits per heavy atom. The zero-order valence-electron chi connectivity index (χ0n) is 11.8. The molecule has 0 aliphatic carbocycles. The molecule has 0 amide bonds. The van der Waals surface area contributed by atoms with E-state index < -0.39 is 0 Å². The first-order valence-corrected chi connectivity index (χ1v) is 6.84. The third kappa shape index (κ3) is 3.12. The molecule has 0 saturated carbocycles. The van der Waals surface area contributed by atoms with E-state index in [0.29, 0.717) is 5.95 Å². The highest BCUT2D eigenvalue weighted by molar-refractivity contribution is 5.83. The average Bonchev–Trinajstić information content (AvgIpc) is 2.90. The molecule has 0 saturated heterocycles. The first-order valence-electron chi connectivity index (χ1n) is 6.84. The second-order valence-corrected chi connectivity index (χ2v) is 4.75. The maximum atomic E-state index is 12.4. The first kappa shape index (κ1) is 13.8. The summed E-state index contributed by atoms with van der Waals surface area (Å²) in [5.41, 5.74) is 7.35. The van der Waals surface area contributed by atoms with Crippen molar-refractivity contribution < 1.29 is 4.79 Å². The van der Waals surface area contributed by atoms with Crippen LogP contribution in [0.2, 0.25) is 0 Å². The van der Waals surface area contributed by atoms with E-state index in [1.54, 1.807) is 0 Å². The Kier molecular flexibility index (Phi) is 3.82. The Morgan fingerprint density at radius 2 is 1.68 bits per heavy atom. The van der Waals surface area contributed by atoms with Crippen molar-refractivity contribution in [2.75, 3.05) is 11.1 Å². The summed E-state index contributed by atoms with van der Waals surface area (Å²) in [5, 5.41) is 7.02. The molecule has 6 nitrogen and oxygen atoms in total. The number of hydrogen-bond donors (Lipinski definition) is 2. The highest BCUT2D eigenvalue weighted by Gasteiger charge is 2.15. The van der Waals surface area contributed by atoms with Crippen LogP contribution < -0.4 is 11.1 Å². The lowest BCUT2D eigenvalue weighted by Crippen LogP contribution is -2.17. The Bertz CT molecular complexity index is 768. The quantitative estimate of drug-likeness (QED) is 0.772. The molecular formula is C16H15N5O. The summed E-state index contributed by atoms with van der Waals surface area (Å²) in [6, 6.07) is 18.9. The van der Waals surface area contributed by atoms with Crippen LogP contribution in [0.3, 0.4) is 0 Å². The molecule has 3 aromatic rings. The van der Waals surface area contributed by atoms with Gasteiger partial charge in [0.25, 0.3) is 5.91 Å². The molecule has 0 bridgehead atoms. The van der Waals surface area contributed by atoms with E-state index in [1.165, 1.54) is 4.68 Å². The van der Waals surface area contributed by atoms with Gasteiger partial charge in [-0.05, 0) is 17.7 Å². The molecule has 0 radical (unpaired) electrons. The summed E-state index contributed by atoms with van der Waals surface area (Å²) in [6.07, 6.45) is 0.229. The Balaban J connectivity index is 1.83. The van der Waals surface area contributed by atoms with Gasteiger partial charge >= 0.3 is 0 Å². The molecule has 2 aromatic carbocycles. The van der Waals surface area contributed by atoms with Crippen LogP contribution in [-0.4, -0.2) is 20.7 Å². The third-order valence-electron chi connectivity index (χ3n) is 3.09. The van der Waals surface area contributed by atoms with Crippen molar-refractivity contribution in [3.8, 4) is 0 Å². The molecule has 1 heterocycles. The molecule has 3 rings (SSSR count). The number of nitrogen functional groups attached to an aromatic ring is 1. The number of nitrogens with zero attached hydrogens (tertiary/aromatic N) is 3. The second kappa shape index (κ2) is 6.09. The van der Waals surface area contributed by atoms with Crippen LogP contribution in [0.15, 0.2) is 60.7 Å². The van der Waals surface area contributed by atoms with E-state index in [1.807, 2.05) is 60.7 Å². The Hall–Kier alpha value is -3.15. The molecule has 1 aromatic heterocycles. The van der Waals surface area contributed by atoms with Crippen LogP contribution in [0.4, 0.5) is 17.6 Å². The summed E-state index contributed by atoms with van der Waals surface area (Å²) in [6.45, 7) is 0. The van der Waals surface area contributed by atoms with Gasteiger partial charge in [-0.15, -0.1) is 5.10 Å². The lowest BCUT2D eigenvalue weighted by atomic mass is 10.1. The summed E-state index contributed by atoms with van der Waals surface area (Å²) in [5.74, 6) is 0.165. The molecule has 0 aliphatic heterocycles. The molecule has 0 fully saturated rings. The van der Waals surface area contributed by atoms with E-state index in [4.69, 9.17) is 5.73 Å². The molecule has 0 unspecified atom stereocenters. The van der Waals surface area contributed by atoms with E-state index in [9.17, 15) is 4.79 Å². The van der Waals surface area contributed by atoms with Crippen LogP contribution in [0, 0.1) is 0 Å². The highest BCUT2D eigenvalue weighted by Crippen LogP contribution is 2.15. The summed E-state index contributed by atoms with van der Waals surface area (Å²) < 4.78 is 1.20. The summed E-state index contributed by atoms with van der Waals surface area (Å²) in [7, 11) is 0. The SMILES string of the molecule is Nc1nc(Nc2ccccc2)n(C(=O)Cc2ccccc2)n1. The fourth-order valence-electron chi connectivity index (χ4n) is 2.08. The topological polar surface area (TPSA) is 85.8 Å². The zero-order valence-corrected chi connectivity index (χ0v) is 11.8. The number of carbonyl (C=O) groups is 1. The van der Waals surface area contributed by atoms with Crippen LogP contribution in [-0.2, 0) is 6.42 Å². The largest absolute Gasteiger partial charge is 0.366 e. The van der Waals surface area contributed by atoms with Crippen LogP contribution in [0.5, 0.6) is 0 Å². The maximum Gasteiger partial charge on any atom is 0.254 e. The van der Waals surface area contributed by atoms with Crippen molar-refractivity contribution >= 4 is 23.5 Å². The number of para-hydroxylation sites is 1. The molecular weight excluding hydrogens is 278 g/mol. The number of carbonyl (C=O) groups excluding carboxylic acids is 1. The molecule has 110 valence electrons. The average molecular weight is 293 g/mol. The van der Waals surface area contributed by atoms with Crippen molar-refractivity contribution in [3.05, 3.63) is 66.2 Å². The van der Waals surface area contributed by atoms with Gasteiger partial charge in [-0.2, -0.15) is 9.67 Å². The van der Waals surface area contributed by atoms with Gasteiger partial charge < -0.3 is 11.1 Å². The second-order valence-electron chi connectivity index (χ2n) is 4.75. The molecule has 0 aliphatic rings. The fraction of sp³-hybridized carbons (Fsp3) is 0.0625. The minimum atomic E-state index is -0.200. The van der Waals surface area contributed by atoms with Gasteiger partial charge in [-0.25, -0.2) is 0 Å². The maximum absolute atomic E-state index is 12.4. The standard InChI is InChI=1S/C16H15N5O/c17-15-19-16(18-13-9-5-2-6-10-13)21(20-15)14(22)11-12-7-3-1-4-8-12/h1-10H,11H2,(H3,17,18,19,20). The number of hydrogen-bond acceptors (Lipinski definition) is 5. The van der Waals surface area contributed by atoms with Crippen molar-refractivity contribution in [1.82, 2.24) is 14.8 Å². The number of aromatic nitrogens is 3. The van der Waals surface area contributed by atoms with Crippen molar-refractivity contribution in [1.29, 1.82) is 0 Å². The molecule has 22 heavy (non-hydrogen) atoms. The molecule has 6 heteroatoms. The number of anilines is 3. The third-order valence-corrected chi connectivity index (χ3v) is 3.09. The lowest BCUT2D eigenvalue weighted by Gasteiger charge is -2.07. The predicted octanol–water partition coefficient (Wildman–Crippen LogP) is 2.49. The van der Waals surface area contributed by atoms with E-state index in [2.05, 4.69) is 15.4 Å². The van der Waals surface area contributed by atoms with Gasteiger partial charge in [0.05, 0.1) is 6.42 Å². The van der Waals surface area contributed by atoms with Gasteiger partial charge in [0.15, 0.2) is 0 Å². The van der Waals surface area contributed by atoms with Crippen molar-refractivity contribution in [3.63, 3.8) is 0 Å². The van der Waals surface area contributed by atoms with Crippen LogP contribution in [0.25, 0.3) is 0 Å².